The second-order valence-corrected chi connectivity index (χ2v) is 4.07. The average molecular weight is 280 g/mol. The standard InChI is InChI=1S/C12H14ClN5O/c1-3-14-10-16-11(18-12(17-10)19-2)15-9-6-4-5-8(13)7-9/h4-7H,3H2,1-2H3,(H2,14,15,16,17,18). The van der Waals surface area contributed by atoms with E-state index in [1.807, 2.05) is 19.1 Å². The third-order valence-electron chi connectivity index (χ3n) is 2.21. The molecule has 0 atom stereocenters. The molecule has 19 heavy (non-hydrogen) atoms. The molecule has 0 bridgehead atoms. The molecule has 2 N–H and O–H groups in total. The molecule has 0 unspecified atom stereocenters. The Balaban J connectivity index is 2.26. The smallest absolute Gasteiger partial charge is 0.322 e. The molecule has 100 valence electrons. The van der Waals surface area contributed by atoms with Crippen LogP contribution >= 0.6 is 11.6 Å². The number of nitrogens with one attached hydrogen (secondary N) is 2. The van der Waals surface area contributed by atoms with Gasteiger partial charge in [0.1, 0.15) is 0 Å². The highest BCUT2D eigenvalue weighted by Gasteiger charge is 2.06. The van der Waals surface area contributed by atoms with Gasteiger partial charge in [0.15, 0.2) is 0 Å². The molecule has 7 heteroatoms. The van der Waals surface area contributed by atoms with Crippen LogP contribution in [0.15, 0.2) is 24.3 Å². The summed E-state index contributed by atoms with van der Waals surface area (Å²) in [5.74, 6) is 0.851. The van der Waals surface area contributed by atoms with Gasteiger partial charge in [-0.05, 0) is 25.1 Å². The lowest BCUT2D eigenvalue weighted by Gasteiger charge is -2.08. The van der Waals surface area contributed by atoms with Crippen LogP contribution in [0.1, 0.15) is 6.92 Å². The van der Waals surface area contributed by atoms with E-state index in [0.29, 0.717) is 23.5 Å². The van der Waals surface area contributed by atoms with Crippen LogP contribution in [0.25, 0.3) is 0 Å². The fraction of sp³-hybridized carbons (Fsp3) is 0.250. The summed E-state index contributed by atoms with van der Waals surface area (Å²) in [5.41, 5.74) is 0.795. The summed E-state index contributed by atoms with van der Waals surface area (Å²) in [6, 6.07) is 7.54. The van der Waals surface area contributed by atoms with Crippen LogP contribution in [0.5, 0.6) is 6.01 Å². The van der Waals surface area contributed by atoms with E-state index < -0.39 is 0 Å². The van der Waals surface area contributed by atoms with E-state index in [0.717, 1.165) is 5.69 Å². The number of aromatic nitrogens is 3. The largest absolute Gasteiger partial charge is 0.467 e. The van der Waals surface area contributed by atoms with E-state index in [2.05, 4.69) is 25.6 Å². The van der Waals surface area contributed by atoms with Crippen molar-refractivity contribution >= 4 is 29.2 Å². The summed E-state index contributed by atoms with van der Waals surface area (Å²) < 4.78 is 5.03. The predicted molar refractivity (Wildman–Crippen MR) is 75.3 cm³/mol. The Hall–Kier alpha value is -2.08. The first-order chi connectivity index (χ1) is 9.21. The number of ether oxygens (including phenoxy) is 1. The van der Waals surface area contributed by atoms with Crippen molar-refractivity contribution in [3.05, 3.63) is 29.3 Å². The van der Waals surface area contributed by atoms with E-state index in [1.54, 1.807) is 12.1 Å². The molecule has 1 aromatic carbocycles. The van der Waals surface area contributed by atoms with Gasteiger partial charge in [0.2, 0.25) is 11.9 Å². The van der Waals surface area contributed by atoms with Crippen molar-refractivity contribution in [1.82, 2.24) is 15.0 Å². The van der Waals surface area contributed by atoms with Crippen LogP contribution in [0.3, 0.4) is 0 Å². The quantitative estimate of drug-likeness (QED) is 0.877. The first kappa shape index (κ1) is 13.4. The van der Waals surface area contributed by atoms with Crippen LogP contribution in [-0.2, 0) is 0 Å². The van der Waals surface area contributed by atoms with Gasteiger partial charge in [0.25, 0.3) is 0 Å². The molecule has 6 nitrogen and oxygen atoms in total. The van der Waals surface area contributed by atoms with Crippen LogP contribution < -0.4 is 15.4 Å². The summed E-state index contributed by atoms with van der Waals surface area (Å²) >= 11 is 5.92. The molecular weight excluding hydrogens is 266 g/mol. The third-order valence-corrected chi connectivity index (χ3v) is 2.45. The van der Waals surface area contributed by atoms with E-state index in [4.69, 9.17) is 16.3 Å². The van der Waals surface area contributed by atoms with Gasteiger partial charge in [0.05, 0.1) is 7.11 Å². The number of methoxy groups -OCH3 is 1. The highest BCUT2D eigenvalue weighted by molar-refractivity contribution is 6.30. The molecule has 0 spiro atoms. The van der Waals surface area contributed by atoms with Crippen LogP contribution in [-0.4, -0.2) is 28.6 Å². The Morgan fingerprint density at radius 1 is 1.21 bits per heavy atom. The summed E-state index contributed by atoms with van der Waals surface area (Å²) in [4.78, 5) is 12.4. The van der Waals surface area contributed by atoms with Gasteiger partial charge in [-0.2, -0.15) is 15.0 Å². The predicted octanol–water partition coefficient (Wildman–Crippen LogP) is 2.71. The van der Waals surface area contributed by atoms with Crippen molar-refractivity contribution in [2.75, 3.05) is 24.3 Å². The van der Waals surface area contributed by atoms with Crippen LogP contribution in [0, 0.1) is 0 Å². The molecule has 2 rings (SSSR count). The Morgan fingerprint density at radius 2 is 2.00 bits per heavy atom. The lowest BCUT2D eigenvalue weighted by molar-refractivity contribution is 0.379. The molecule has 0 radical (unpaired) electrons. The number of halogens is 1. The van der Waals surface area contributed by atoms with Gasteiger partial charge < -0.3 is 15.4 Å². The van der Waals surface area contributed by atoms with Crippen molar-refractivity contribution in [3.63, 3.8) is 0 Å². The highest BCUT2D eigenvalue weighted by atomic mass is 35.5. The maximum atomic E-state index is 5.92. The molecular formula is C12H14ClN5O. The normalized spacial score (nSPS) is 10.1. The van der Waals surface area contributed by atoms with Gasteiger partial charge in [-0.25, -0.2) is 0 Å². The minimum absolute atomic E-state index is 0.246. The number of nitrogens with zero attached hydrogens (tertiary/aromatic N) is 3. The lowest BCUT2D eigenvalue weighted by Crippen LogP contribution is -2.07. The van der Waals surface area contributed by atoms with Crippen LogP contribution in [0.4, 0.5) is 17.6 Å². The number of hydrogen-bond acceptors (Lipinski definition) is 6. The van der Waals surface area contributed by atoms with E-state index in [9.17, 15) is 0 Å². The molecule has 0 saturated heterocycles. The van der Waals surface area contributed by atoms with E-state index in [-0.39, 0.29) is 6.01 Å². The third kappa shape index (κ3) is 3.69. The van der Waals surface area contributed by atoms with Gasteiger partial charge in [-0.1, -0.05) is 17.7 Å². The van der Waals surface area contributed by atoms with Crippen molar-refractivity contribution in [3.8, 4) is 6.01 Å². The number of anilines is 3. The van der Waals surface area contributed by atoms with Gasteiger partial charge in [-0.3, -0.25) is 0 Å². The topological polar surface area (TPSA) is 72.0 Å². The summed E-state index contributed by atoms with van der Waals surface area (Å²) in [6.07, 6.45) is 0. The van der Waals surface area contributed by atoms with Crippen molar-refractivity contribution < 1.29 is 4.74 Å². The molecule has 0 saturated carbocycles. The van der Waals surface area contributed by atoms with Crippen LogP contribution in [0.2, 0.25) is 5.02 Å². The van der Waals surface area contributed by atoms with Gasteiger partial charge in [-0.15, -0.1) is 0 Å². The molecule has 2 aromatic rings. The molecule has 0 aliphatic carbocycles. The van der Waals surface area contributed by atoms with Gasteiger partial charge >= 0.3 is 6.01 Å². The fourth-order valence-corrected chi connectivity index (χ4v) is 1.63. The summed E-state index contributed by atoms with van der Waals surface area (Å²) in [7, 11) is 1.51. The SMILES string of the molecule is CCNc1nc(Nc2cccc(Cl)c2)nc(OC)n1. The molecule has 0 amide bonds. The first-order valence-corrected chi connectivity index (χ1v) is 6.15. The zero-order chi connectivity index (χ0) is 13.7. The second kappa shape index (κ2) is 6.19. The molecule has 1 aromatic heterocycles. The fourth-order valence-electron chi connectivity index (χ4n) is 1.44. The monoisotopic (exact) mass is 279 g/mol. The Bertz CT molecular complexity index is 564. The molecule has 0 aliphatic rings. The Kier molecular flexibility index (Phi) is 4.35. The van der Waals surface area contributed by atoms with Gasteiger partial charge in [0, 0.05) is 17.3 Å². The molecule has 0 aliphatic heterocycles. The number of rotatable bonds is 5. The lowest BCUT2D eigenvalue weighted by atomic mass is 10.3. The minimum atomic E-state index is 0.246. The molecule has 1 heterocycles. The molecule has 0 fully saturated rings. The van der Waals surface area contributed by atoms with E-state index in [1.165, 1.54) is 7.11 Å². The highest BCUT2D eigenvalue weighted by Crippen LogP contribution is 2.19. The second-order valence-electron chi connectivity index (χ2n) is 3.63. The maximum Gasteiger partial charge on any atom is 0.322 e. The first-order valence-electron chi connectivity index (χ1n) is 5.78. The summed E-state index contributed by atoms with van der Waals surface area (Å²) in [6.45, 7) is 2.67. The Labute approximate surface area is 116 Å². The summed E-state index contributed by atoms with van der Waals surface area (Å²) in [5, 5.41) is 6.70. The Morgan fingerprint density at radius 3 is 2.68 bits per heavy atom. The zero-order valence-corrected chi connectivity index (χ0v) is 11.4. The van der Waals surface area contributed by atoms with Crippen molar-refractivity contribution in [1.29, 1.82) is 0 Å². The number of hydrogen-bond donors (Lipinski definition) is 2. The van der Waals surface area contributed by atoms with Crippen molar-refractivity contribution in [2.24, 2.45) is 0 Å². The number of benzene rings is 1. The average Bonchev–Trinajstić information content (AvgIpc) is 2.39. The minimum Gasteiger partial charge on any atom is -0.467 e. The van der Waals surface area contributed by atoms with E-state index >= 15 is 0 Å². The zero-order valence-electron chi connectivity index (χ0n) is 10.6. The maximum absolute atomic E-state index is 5.92. The van der Waals surface area contributed by atoms with Crippen molar-refractivity contribution in [2.45, 2.75) is 6.92 Å².